The number of hydrogen-bond donors (Lipinski definition) is 1. The lowest BCUT2D eigenvalue weighted by atomic mass is 10.0. The highest BCUT2D eigenvalue weighted by atomic mass is 16.5. The maximum Gasteiger partial charge on any atom is 0.241 e. The van der Waals surface area contributed by atoms with E-state index in [1.54, 1.807) is 24.0 Å². The van der Waals surface area contributed by atoms with Gasteiger partial charge in [-0.15, -0.1) is 0 Å². The van der Waals surface area contributed by atoms with Crippen molar-refractivity contribution >= 4 is 5.91 Å². The molecule has 3 rings (SSSR count). The highest BCUT2D eigenvalue weighted by Crippen LogP contribution is 2.44. The molecule has 6 heteroatoms. The van der Waals surface area contributed by atoms with Crippen molar-refractivity contribution in [2.45, 2.75) is 39.2 Å². The van der Waals surface area contributed by atoms with Crippen LogP contribution in [0, 0.1) is 25.2 Å². The van der Waals surface area contributed by atoms with Crippen LogP contribution in [-0.2, 0) is 11.3 Å². The van der Waals surface area contributed by atoms with Crippen molar-refractivity contribution in [1.29, 1.82) is 5.26 Å². The van der Waals surface area contributed by atoms with Crippen LogP contribution in [-0.4, -0.2) is 22.7 Å². The molecule has 0 radical (unpaired) electrons. The molecule has 24 heavy (non-hydrogen) atoms. The lowest BCUT2D eigenvalue weighted by Gasteiger charge is -2.11. The Morgan fingerprint density at radius 1 is 1.38 bits per heavy atom. The zero-order valence-electron chi connectivity index (χ0n) is 14.1. The molecule has 0 unspecified atom stereocenters. The molecule has 1 aliphatic rings. The second-order valence-electron chi connectivity index (χ2n) is 6.10. The number of nitrogens with one attached hydrogen (secondary N) is 1. The van der Waals surface area contributed by atoms with Crippen LogP contribution in [0.4, 0.5) is 0 Å². The van der Waals surface area contributed by atoms with Gasteiger partial charge in [-0.1, -0.05) is 0 Å². The molecular formula is C18H20N4O2. The van der Waals surface area contributed by atoms with Gasteiger partial charge in [-0.25, -0.2) is 0 Å². The molecule has 0 bridgehead atoms. The summed E-state index contributed by atoms with van der Waals surface area (Å²) >= 11 is 0. The van der Waals surface area contributed by atoms with E-state index >= 15 is 0 Å². The van der Waals surface area contributed by atoms with Gasteiger partial charge < -0.3 is 10.1 Å². The summed E-state index contributed by atoms with van der Waals surface area (Å²) in [4.78, 5) is 11.6. The van der Waals surface area contributed by atoms with Gasteiger partial charge in [0.1, 0.15) is 18.0 Å². The molecule has 0 atom stereocenters. The van der Waals surface area contributed by atoms with Crippen molar-refractivity contribution < 1.29 is 9.53 Å². The van der Waals surface area contributed by atoms with E-state index < -0.39 is 0 Å². The van der Waals surface area contributed by atoms with Crippen LogP contribution < -0.4 is 10.1 Å². The molecule has 0 aliphatic heterocycles. The van der Waals surface area contributed by atoms with Crippen LogP contribution in [0.5, 0.6) is 11.5 Å². The van der Waals surface area contributed by atoms with E-state index in [1.165, 1.54) is 0 Å². The SMILES string of the molecule is CNC(=O)Cn1cc(Oc2ccc(C#N)c(C)c2C)c(C2CC2)n1. The van der Waals surface area contributed by atoms with Crippen LogP contribution in [0.1, 0.15) is 41.1 Å². The molecule has 124 valence electrons. The van der Waals surface area contributed by atoms with E-state index in [0.717, 1.165) is 29.7 Å². The highest BCUT2D eigenvalue weighted by molar-refractivity contribution is 5.75. The summed E-state index contributed by atoms with van der Waals surface area (Å²) in [5.41, 5.74) is 3.41. The van der Waals surface area contributed by atoms with Crippen LogP contribution in [0.2, 0.25) is 0 Å². The number of nitrogens with zero attached hydrogens (tertiary/aromatic N) is 3. The van der Waals surface area contributed by atoms with Gasteiger partial charge >= 0.3 is 0 Å². The summed E-state index contributed by atoms with van der Waals surface area (Å²) in [6, 6.07) is 5.76. The molecular weight excluding hydrogens is 304 g/mol. The number of ether oxygens (including phenoxy) is 1. The minimum absolute atomic E-state index is 0.100. The van der Waals surface area contributed by atoms with Gasteiger partial charge in [-0.3, -0.25) is 9.48 Å². The second kappa shape index (κ2) is 6.36. The number of aromatic nitrogens is 2. The Morgan fingerprint density at radius 2 is 2.12 bits per heavy atom. The number of likely N-dealkylation sites (N-methyl/N-ethyl adjacent to an activating group) is 1. The first-order chi connectivity index (χ1) is 11.5. The molecule has 1 amide bonds. The normalized spacial score (nSPS) is 13.4. The van der Waals surface area contributed by atoms with Gasteiger partial charge in [0.05, 0.1) is 17.8 Å². The van der Waals surface area contributed by atoms with E-state index in [2.05, 4.69) is 16.5 Å². The fourth-order valence-electron chi connectivity index (χ4n) is 2.59. The topological polar surface area (TPSA) is 79.9 Å². The smallest absolute Gasteiger partial charge is 0.241 e. The van der Waals surface area contributed by atoms with Crippen LogP contribution >= 0.6 is 0 Å². The number of carbonyl (C=O) groups is 1. The van der Waals surface area contributed by atoms with Gasteiger partial charge in [0.25, 0.3) is 0 Å². The lowest BCUT2D eigenvalue weighted by Crippen LogP contribution is -2.23. The van der Waals surface area contributed by atoms with Crippen molar-refractivity contribution in [1.82, 2.24) is 15.1 Å². The Hall–Kier alpha value is -2.81. The summed E-state index contributed by atoms with van der Waals surface area (Å²) in [6.45, 7) is 4.03. The predicted octanol–water partition coefficient (Wildman–Crippen LogP) is 2.79. The molecule has 1 saturated carbocycles. The van der Waals surface area contributed by atoms with Crippen molar-refractivity contribution in [2.24, 2.45) is 0 Å². The number of amides is 1. The standard InChI is InChI=1S/C18H20N4O2/c1-11-12(2)15(7-6-14(11)8-19)24-16-9-22(10-17(23)20-3)21-18(16)13-4-5-13/h6-7,9,13H,4-5,10H2,1-3H3,(H,20,23). The number of rotatable bonds is 5. The fourth-order valence-corrected chi connectivity index (χ4v) is 2.59. The Labute approximate surface area is 141 Å². The van der Waals surface area contributed by atoms with Gasteiger partial charge in [0.15, 0.2) is 5.75 Å². The van der Waals surface area contributed by atoms with Crippen molar-refractivity contribution in [3.8, 4) is 17.6 Å². The van der Waals surface area contributed by atoms with Crippen LogP contribution in [0.15, 0.2) is 18.3 Å². The third-order valence-corrected chi connectivity index (χ3v) is 4.38. The molecule has 2 aromatic rings. The van der Waals surface area contributed by atoms with Gasteiger partial charge in [-0.05, 0) is 49.9 Å². The molecule has 1 N–H and O–H groups in total. The number of nitriles is 1. The molecule has 0 saturated heterocycles. The van der Waals surface area contributed by atoms with E-state index in [1.807, 2.05) is 19.9 Å². The molecule has 1 aromatic heterocycles. The maximum absolute atomic E-state index is 11.6. The number of benzene rings is 1. The summed E-state index contributed by atoms with van der Waals surface area (Å²) in [6.07, 6.45) is 3.97. The summed E-state index contributed by atoms with van der Waals surface area (Å²) in [7, 11) is 1.61. The predicted molar refractivity (Wildman–Crippen MR) is 89.0 cm³/mol. The first-order valence-electron chi connectivity index (χ1n) is 7.99. The zero-order chi connectivity index (χ0) is 17.3. The number of hydrogen-bond acceptors (Lipinski definition) is 4. The molecule has 1 aromatic carbocycles. The fraction of sp³-hybridized carbons (Fsp3) is 0.389. The number of carbonyl (C=O) groups excluding carboxylic acids is 1. The quantitative estimate of drug-likeness (QED) is 0.917. The summed E-state index contributed by atoms with van der Waals surface area (Å²) in [5.74, 6) is 1.71. The minimum atomic E-state index is -0.100. The maximum atomic E-state index is 11.6. The zero-order valence-corrected chi connectivity index (χ0v) is 14.1. The third kappa shape index (κ3) is 3.11. The van der Waals surface area contributed by atoms with E-state index in [9.17, 15) is 4.79 Å². The molecule has 1 aliphatic carbocycles. The Bertz CT molecular complexity index is 828. The van der Waals surface area contributed by atoms with Crippen LogP contribution in [0.3, 0.4) is 0 Å². The lowest BCUT2D eigenvalue weighted by molar-refractivity contribution is -0.121. The monoisotopic (exact) mass is 324 g/mol. The molecule has 1 fully saturated rings. The van der Waals surface area contributed by atoms with Gasteiger partial charge in [0, 0.05) is 13.0 Å². The second-order valence-corrected chi connectivity index (χ2v) is 6.10. The van der Waals surface area contributed by atoms with Gasteiger partial charge in [-0.2, -0.15) is 10.4 Å². The van der Waals surface area contributed by atoms with Crippen molar-refractivity contribution in [3.05, 3.63) is 40.7 Å². The first-order valence-corrected chi connectivity index (χ1v) is 7.99. The molecule has 0 spiro atoms. The Morgan fingerprint density at radius 3 is 2.75 bits per heavy atom. The van der Waals surface area contributed by atoms with E-state index in [-0.39, 0.29) is 12.5 Å². The Balaban J connectivity index is 1.91. The molecule has 1 heterocycles. The largest absolute Gasteiger partial charge is 0.453 e. The minimum Gasteiger partial charge on any atom is -0.453 e. The third-order valence-electron chi connectivity index (χ3n) is 4.38. The summed E-state index contributed by atoms with van der Waals surface area (Å²) in [5, 5.41) is 16.2. The average Bonchev–Trinajstić information content (AvgIpc) is 3.34. The first kappa shape index (κ1) is 16.1. The van der Waals surface area contributed by atoms with Crippen LogP contribution in [0.25, 0.3) is 0 Å². The molecule has 6 nitrogen and oxygen atoms in total. The van der Waals surface area contributed by atoms with Crippen molar-refractivity contribution in [2.75, 3.05) is 7.05 Å². The van der Waals surface area contributed by atoms with E-state index in [0.29, 0.717) is 23.0 Å². The van der Waals surface area contributed by atoms with E-state index in [4.69, 9.17) is 10.00 Å². The Kier molecular flexibility index (Phi) is 4.26. The summed E-state index contributed by atoms with van der Waals surface area (Å²) < 4.78 is 7.71. The van der Waals surface area contributed by atoms with Crippen molar-refractivity contribution in [3.63, 3.8) is 0 Å². The van der Waals surface area contributed by atoms with Gasteiger partial charge in [0.2, 0.25) is 5.91 Å². The average molecular weight is 324 g/mol. The highest BCUT2D eigenvalue weighted by Gasteiger charge is 2.31.